The first-order chi connectivity index (χ1) is 8.70. The lowest BCUT2D eigenvalue weighted by Gasteiger charge is -2.07. The van der Waals surface area contributed by atoms with E-state index in [4.69, 9.17) is 5.73 Å². The van der Waals surface area contributed by atoms with Crippen LogP contribution >= 0.6 is 11.8 Å². The van der Waals surface area contributed by atoms with Gasteiger partial charge in [-0.15, -0.1) is 0 Å². The Labute approximate surface area is 109 Å². The van der Waals surface area contributed by atoms with Gasteiger partial charge in [0.15, 0.2) is 0 Å². The van der Waals surface area contributed by atoms with Gasteiger partial charge in [0.2, 0.25) is 0 Å². The van der Waals surface area contributed by atoms with Gasteiger partial charge in [0.25, 0.3) is 0 Å². The van der Waals surface area contributed by atoms with Crippen molar-refractivity contribution in [2.24, 2.45) is 5.73 Å². The summed E-state index contributed by atoms with van der Waals surface area (Å²) in [5.41, 5.74) is 5.96. The lowest BCUT2D eigenvalue weighted by molar-refractivity contribution is 0.537. The van der Waals surface area contributed by atoms with E-state index in [0.29, 0.717) is 18.5 Å². The average molecular weight is 265 g/mol. The quantitative estimate of drug-likeness (QED) is 0.913. The Balaban J connectivity index is 2.28. The zero-order valence-electron chi connectivity index (χ0n) is 9.70. The third-order valence-corrected chi connectivity index (χ3v) is 3.56. The normalized spacial score (nSPS) is 10.6. The standard InChI is InChI=1S/C14H13F2NS/c15-12-8-10(6-7-17)9-13(16)14(12)18-11-4-2-1-3-5-11/h1-5,8-9H,6-7,17H2. The van der Waals surface area contributed by atoms with Crippen LogP contribution in [0.3, 0.4) is 0 Å². The van der Waals surface area contributed by atoms with Crippen molar-refractivity contribution < 1.29 is 8.78 Å². The van der Waals surface area contributed by atoms with Gasteiger partial charge in [0, 0.05) is 4.90 Å². The fourth-order valence-corrected chi connectivity index (χ4v) is 2.47. The second-order valence-corrected chi connectivity index (χ2v) is 4.93. The third kappa shape index (κ3) is 3.09. The molecule has 0 aromatic heterocycles. The first-order valence-electron chi connectivity index (χ1n) is 5.61. The second kappa shape index (κ2) is 5.98. The van der Waals surface area contributed by atoms with Gasteiger partial charge >= 0.3 is 0 Å². The molecule has 4 heteroatoms. The van der Waals surface area contributed by atoms with Crippen LogP contribution in [0, 0.1) is 11.6 Å². The molecule has 2 N–H and O–H groups in total. The number of nitrogens with two attached hydrogens (primary N) is 1. The van der Waals surface area contributed by atoms with Gasteiger partial charge in [-0.1, -0.05) is 30.0 Å². The van der Waals surface area contributed by atoms with Crippen molar-refractivity contribution in [2.75, 3.05) is 6.54 Å². The molecular formula is C14H13F2NS. The van der Waals surface area contributed by atoms with E-state index >= 15 is 0 Å². The van der Waals surface area contributed by atoms with Crippen LogP contribution < -0.4 is 5.73 Å². The zero-order chi connectivity index (χ0) is 13.0. The van der Waals surface area contributed by atoms with Crippen molar-refractivity contribution in [3.8, 4) is 0 Å². The summed E-state index contributed by atoms with van der Waals surface area (Å²) >= 11 is 1.09. The topological polar surface area (TPSA) is 26.0 Å². The molecule has 0 aliphatic heterocycles. The molecule has 1 nitrogen and oxygen atoms in total. The lowest BCUT2D eigenvalue weighted by atomic mass is 10.1. The highest BCUT2D eigenvalue weighted by Crippen LogP contribution is 2.32. The van der Waals surface area contributed by atoms with Gasteiger partial charge in [-0.2, -0.15) is 0 Å². The minimum atomic E-state index is -0.535. The zero-order valence-corrected chi connectivity index (χ0v) is 10.5. The molecule has 0 unspecified atom stereocenters. The molecule has 2 aromatic carbocycles. The van der Waals surface area contributed by atoms with Crippen LogP contribution in [0.25, 0.3) is 0 Å². The molecule has 0 aliphatic rings. The molecule has 94 valence electrons. The third-order valence-electron chi connectivity index (χ3n) is 2.45. The van der Waals surface area contributed by atoms with Crippen LogP contribution in [0.5, 0.6) is 0 Å². The molecule has 0 bridgehead atoms. The molecule has 0 saturated carbocycles. The predicted molar refractivity (Wildman–Crippen MR) is 69.7 cm³/mol. The van der Waals surface area contributed by atoms with Crippen LogP contribution in [0.1, 0.15) is 5.56 Å². The van der Waals surface area contributed by atoms with Crippen molar-refractivity contribution in [3.63, 3.8) is 0 Å². The highest BCUT2D eigenvalue weighted by molar-refractivity contribution is 7.99. The summed E-state index contributed by atoms with van der Waals surface area (Å²) in [7, 11) is 0. The highest BCUT2D eigenvalue weighted by Gasteiger charge is 2.12. The summed E-state index contributed by atoms with van der Waals surface area (Å²) in [5, 5.41) is 0. The molecule has 0 atom stereocenters. The van der Waals surface area contributed by atoms with Crippen molar-refractivity contribution in [1.82, 2.24) is 0 Å². The average Bonchev–Trinajstić information content (AvgIpc) is 2.36. The summed E-state index contributed by atoms with van der Waals surface area (Å²) in [6, 6.07) is 11.9. The SMILES string of the molecule is NCCc1cc(F)c(Sc2ccccc2)c(F)c1. The Kier molecular flexibility index (Phi) is 4.33. The Morgan fingerprint density at radius 3 is 2.17 bits per heavy atom. The summed E-state index contributed by atoms with van der Waals surface area (Å²) in [6.07, 6.45) is 0.476. The molecule has 0 heterocycles. The molecule has 2 aromatic rings. The van der Waals surface area contributed by atoms with E-state index in [2.05, 4.69) is 0 Å². The van der Waals surface area contributed by atoms with Crippen LogP contribution in [0.2, 0.25) is 0 Å². The lowest BCUT2D eigenvalue weighted by Crippen LogP contribution is -2.04. The number of halogens is 2. The molecule has 0 spiro atoms. The number of hydrogen-bond acceptors (Lipinski definition) is 2. The van der Waals surface area contributed by atoms with Gasteiger partial charge in [0.1, 0.15) is 11.6 Å². The Morgan fingerprint density at radius 1 is 1.00 bits per heavy atom. The summed E-state index contributed by atoms with van der Waals surface area (Å²) in [6.45, 7) is 0.379. The molecule has 0 radical (unpaired) electrons. The summed E-state index contributed by atoms with van der Waals surface area (Å²) < 4.78 is 27.6. The molecule has 2 rings (SSSR count). The molecule has 0 amide bonds. The fourth-order valence-electron chi connectivity index (χ4n) is 1.63. The van der Waals surface area contributed by atoms with Gasteiger partial charge in [-0.05, 0) is 42.8 Å². The van der Waals surface area contributed by atoms with Crippen LogP contribution in [-0.4, -0.2) is 6.54 Å². The van der Waals surface area contributed by atoms with Crippen LogP contribution in [0.15, 0.2) is 52.3 Å². The summed E-state index contributed by atoms with van der Waals surface area (Å²) in [5.74, 6) is -1.07. The number of hydrogen-bond donors (Lipinski definition) is 1. The minimum absolute atomic E-state index is 0.0296. The molecule has 0 aliphatic carbocycles. The fraction of sp³-hybridized carbons (Fsp3) is 0.143. The largest absolute Gasteiger partial charge is 0.330 e. The number of rotatable bonds is 4. The second-order valence-electron chi connectivity index (χ2n) is 3.84. The van der Waals surface area contributed by atoms with E-state index in [1.165, 1.54) is 12.1 Å². The van der Waals surface area contributed by atoms with Gasteiger partial charge in [-0.25, -0.2) is 8.78 Å². The smallest absolute Gasteiger partial charge is 0.140 e. The molecule has 0 saturated heterocycles. The first-order valence-corrected chi connectivity index (χ1v) is 6.43. The van der Waals surface area contributed by atoms with Gasteiger partial charge in [-0.3, -0.25) is 0 Å². The predicted octanol–water partition coefficient (Wildman–Crippen LogP) is 3.62. The molecule has 0 fully saturated rings. The van der Waals surface area contributed by atoms with E-state index in [-0.39, 0.29) is 4.90 Å². The van der Waals surface area contributed by atoms with Crippen molar-refractivity contribution >= 4 is 11.8 Å². The van der Waals surface area contributed by atoms with Crippen molar-refractivity contribution in [2.45, 2.75) is 16.2 Å². The van der Waals surface area contributed by atoms with Crippen molar-refractivity contribution in [1.29, 1.82) is 0 Å². The maximum Gasteiger partial charge on any atom is 0.140 e. The monoisotopic (exact) mass is 265 g/mol. The Morgan fingerprint density at radius 2 is 1.61 bits per heavy atom. The van der Waals surface area contributed by atoms with Gasteiger partial charge in [0.05, 0.1) is 4.90 Å². The van der Waals surface area contributed by atoms with E-state index in [0.717, 1.165) is 16.7 Å². The van der Waals surface area contributed by atoms with E-state index in [9.17, 15) is 8.78 Å². The van der Waals surface area contributed by atoms with Crippen LogP contribution in [0.4, 0.5) is 8.78 Å². The molecular weight excluding hydrogens is 252 g/mol. The van der Waals surface area contributed by atoms with E-state index < -0.39 is 11.6 Å². The maximum absolute atomic E-state index is 13.8. The molecule has 18 heavy (non-hydrogen) atoms. The summed E-state index contributed by atoms with van der Waals surface area (Å²) in [4.78, 5) is 0.837. The van der Waals surface area contributed by atoms with E-state index in [1.807, 2.05) is 30.3 Å². The van der Waals surface area contributed by atoms with Gasteiger partial charge < -0.3 is 5.73 Å². The first kappa shape index (κ1) is 13.1. The number of benzene rings is 2. The van der Waals surface area contributed by atoms with Crippen molar-refractivity contribution in [3.05, 3.63) is 59.7 Å². The van der Waals surface area contributed by atoms with E-state index in [1.54, 1.807) is 0 Å². The Bertz CT molecular complexity index is 506. The minimum Gasteiger partial charge on any atom is -0.330 e. The Hall–Kier alpha value is -1.39. The maximum atomic E-state index is 13.8. The highest BCUT2D eigenvalue weighted by atomic mass is 32.2. The van der Waals surface area contributed by atoms with Crippen LogP contribution in [-0.2, 0) is 6.42 Å².